The van der Waals surface area contributed by atoms with Gasteiger partial charge in [-0.25, -0.2) is 4.79 Å². The van der Waals surface area contributed by atoms with Gasteiger partial charge in [0.15, 0.2) is 0 Å². The van der Waals surface area contributed by atoms with Gasteiger partial charge >= 0.3 is 5.97 Å². The highest BCUT2D eigenvalue weighted by molar-refractivity contribution is 5.89. The molecule has 4 nitrogen and oxygen atoms in total. The molecule has 1 aliphatic carbocycles. The summed E-state index contributed by atoms with van der Waals surface area (Å²) in [5.74, 6) is -1.49. The molecule has 1 unspecified atom stereocenters. The van der Waals surface area contributed by atoms with Gasteiger partial charge in [-0.3, -0.25) is 4.79 Å². The molecule has 0 bridgehead atoms. The van der Waals surface area contributed by atoms with E-state index < -0.39 is 12.0 Å². The summed E-state index contributed by atoms with van der Waals surface area (Å²) in [6.45, 7) is 3.59. The van der Waals surface area contributed by atoms with Gasteiger partial charge in [0.05, 0.1) is 5.92 Å². The first kappa shape index (κ1) is 13.6. The molecule has 1 aromatic carbocycles. The van der Waals surface area contributed by atoms with E-state index in [-0.39, 0.29) is 17.7 Å². The monoisotopic (exact) mass is 261 g/mol. The van der Waals surface area contributed by atoms with Crippen molar-refractivity contribution < 1.29 is 14.7 Å². The zero-order valence-electron chi connectivity index (χ0n) is 11.2. The van der Waals surface area contributed by atoms with Crippen LogP contribution in [-0.4, -0.2) is 23.0 Å². The van der Waals surface area contributed by atoms with Crippen LogP contribution in [0, 0.1) is 5.92 Å². The molecule has 0 aromatic heterocycles. The number of hydrogen-bond acceptors (Lipinski definition) is 2. The van der Waals surface area contributed by atoms with Gasteiger partial charge in [-0.2, -0.15) is 0 Å². The molecule has 2 atom stereocenters. The summed E-state index contributed by atoms with van der Waals surface area (Å²) in [4.78, 5) is 23.4. The maximum absolute atomic E-state index is 12.3. The molecule has 0 aliphatic heterocycles. The highest BCUT2D eigenvalue weighted by atomic mass is 16.4. The fraction of sp³-hybridized carbons (Fsp3) is 0.467. The molecule has 0 radical (unpaired) electrons. The summed E-state index contributed by atoms with van der Waals surface area (Å²) in [5.41, 5.74) is 2.23. The van der Waals surface area contributed by atoms with Crippen LogP contribution in [0.3, 0.4) is 0 Å². The fourth-order valence-electron chi connectivity index (χ4n) is 2.60. The number of carboxylic acid groups (broad SMARTS) is 1. The normalized spacial score (nSPS) is 19.0. The predicted molar refractivity (Wildman–Crippen MR) is 71.9 cm³/mol. The number of aliphatic carboxylic acids is 1. The van der Waals surface area contributed by atoms with Crippen LogP contribution >= 0.6 is 0 Å². The molecular formula is C15H19NO3. The minimum absolute atomic E-state index is 0.127. The molecule has 2 N–H and O–H groups in total. The highest BCUT2D eigenvalue weighted by Crippen LogP contribution is 2.33. The average molecular weight is 261 g/mol. The van der Waals surface area contributed by atoms with E-state index in [1.165, 1.54) is 5.56 Å². The number of amides is 1. The first-order chi connectivity index (χ1) is 9.00. The maximum Gasteiger partial charge on any atom is 0.326 e. The van der Waals surface area contributed by atoms with Crippen LogP contribution in [0.4, 0.5) is 0 Å². The van der Waals surface area contributed by atoms with E-state index in [0.717, 1.165) is 18.4 Å². The molecule has 0 saturated heterocycles. The molecule has 1 aliphatic rings. The third-order valence-corrected chi connectivity index (χ3v) is 3.68. The van der Waals surface area contributed by atoms with Crippen LogP contribution < -0.4 is 5.32 Å². The van der Waals surface area contributed by atoms with E-state index in [1.54, 1.807) is 13.8 Å². The van der Waals surface area contributed by atoms with Crippen LogP contribution in [0.5, 0.6) is 0 Å². The van der Waals surface area contributed by atoms with Gasteiger partial charge in [0, 0.05) is 0 Å². The molecular weight excluding hydrogens is 242 g/mol. The number of hydrogen-bond donors (Lipinski definition) is 2. The molecule has 0 heterocycles. The van der Waals surface area contributed by atoms with Crippen molar-refractivity contribution in [2.75, 3.05) is 0 Å². The van der Waals surface area contributed by atoms with Crippen molar-refractivity contribution in [3.05, 3.63) is 35.4 Å². The number of aryl methyl sites for hydroxylation is 1. The Hall–Kier alpha value is -1.84. The van der Waals surface area contributed by atoms with Crippen LogP contribution in [0.25, 0.3) is 0 Å². The molecule has 4 heteroatoms. The van der Waals surface area contributed by atoms with E-state index in [2.05, 4.69) is 5.32 Å². The van der Waals surface area contributed by atoms with Crippen molar-refractivity contribution in [1.82, 2.24) is 5.32 Å². The molecule has 0 saturated carbocycles. The van der Waals surface area contributed by atoms with Gasteiger partial charge < -0.3 is 10.4 Å². The maximum atomic E-state index is 12.3. The molecule has 1 aromatic rings. The number of carbonyl (C=O) groups is 2. The number of benzene rings is 1. The Morgan fingerprint density at radius 3 is 2.63 bits per heavy atom. The van der Waals surface area contributed by atoms with Gasteiger partial charge in [0.1, 0.15) is 6.04 Å². The van der Waals surface area contributed by atoms with Crippen molar-refractivity contribution in [2.45, 2.75) is 38.6 Å². The Morgan fingerprint density at radius 2 is 2.00 bits per heavy atom. The van der Waals surface area contributed by atoms with Gasteiger partial charge in [0.2, 0.25) is 5.91 Å². The van der Waals surface area contributed by atoms with Gasteiger partial charge in [-0.05, 0) is 29.9 Å². The van der Waals surface area contributed by atoms with Crippen molar-refractivity contribution in [3.63, 3.8) is 0 Å². The predicted octanol–water partition coefficient (Wildman–Crippen LogP) is 1.94. The minimum Gasteiger partial charge on any atom is -0.480 e. The van der Waals surface area contributed by atoms with E-state index >= 15 is 0 Å². The van der Waals surface area contributed by atoms with E-state index in [0.29, 0.717) is 0 Å². The van der Waals surface area contributed by atoms with E-state index in [9.17, 15) is 9.59 Å². The van der Waals surface area contributed by atoms with Crippen molar-refractivity contribution in [3.8, 4) is 0 Å². The Balaban J connectivity index is 2.12. The number of nitrogens with one attached hydrogen (secondary N) is 1. The van der Waals surface area contributed by atoms with Gasteiger partial charge in [-0.1, -0.05) is 38.1 Å². The lowest BCUT2D eigenvalue weighted by molar-refractivity contribution is -0.143. The van der Waals surface area contributed by atoms with Crippen molar-refractivity contribution in [1.29, 1.82) is 0 Å². The molecule has 102 valence electrons. The van der Waals surface area contributed by atoms with Crippen LogP contribution in [0.2, 0.25) is 0 Å². The lowest BCUT2D eigenvalue weighted by Crippen LogP contribution is -2.45. The largest absolute Gasteiger partial charge is 0.480 e. The average Bonchev–Trinajstić information content (AvgIpc) is 2.78. The first-order valence-corrected chi connectivity index (χ1v) is 6.61. The molecule has 2 rings (SSSR count). The van der Waals surface area contributed by atoms with Crippen molar-refractivity contribution in [2.24, 2.45) is 5.92 Å². The second-order valence-electron chi connectivity index (χ2n) is 5.36. The smallest absolute Gasteiger partial charge is 0.326 e. The van der Waals surface area contributed by atoms with Crippen LogP contribution in [0.15, 0.2) is 24.3 Å². The summed E-state index contributed by atoms with van der Waals surface area (Å²) >= 11 is 0. The lowest BCUT2D eigenvalue weighted by atomic mass is 9.98. The topological polar surface area (TPSA) is 66.4 Å². The summed E-state index contributed by atoms with van der Waals surface area (Å²) < 4.78 is 0. The molecule has 19 heavy (non-hydrogen) atoms. The second-order valence-corrected chi connectivity index (χ2v) is 5.36. The summed E-state index contributed by atoms with van der Waals surface area (Å²) in [6.07, 6.45) is 1.64. The number of carbonyl (C=O) groups excluding carboxylic acids is 1. The lowest BCUT2D eigenvalue weighted by Gasteiger charge is -2.20. The summed E-state index contributed by atoms with van der Waals surface area (Å²) in [6, 6.07) is 7.05. The molecule has 0 spiro atoms. The van der Waals surface area contributed by atoms with E-state index in [4.69, 9.17) is 5.11 Å². The Bertz CT molecular complexity index is 496. The van der Waals surface area contributed by atoms with E-state index in [1.807, 2.05) is 24.3 Å². The Kier molecular flexibility index (Phi) is 3.88. The first-order valence-electron chi connectivity index (χ1n) is 6.61. The van der Waals surface area contributed by atoms with Crippen LogP contribution in [0.1, 0.15) is 37.3 Å². The number of rotatable bonds is 4. The number of fused-ring (bicyclic) bond motifs is 1. The summed E-state index contributed by atoms with van der Waals surface area (Å²) in [5, 5.41) is 11.8. The minimum atomic E-state index is -0.977. The third-order valence-electron chi connectivity index (χ3n) is 3.68. The quantitative estimate of drug-likeness (QED) is 0.870. The Labute approximate surface area is 112 Å². The van der Waals surface area contributed by atoms with Gasteiger partial charge in [0.25, 0.3) is 0 Å². The highest BCUT2D eigenvalue weighted by Gasteiger charge is 2.31. The summed E-state index contributed by atoms with van der Waals surface area (Å²) in [7, 11) is 0. The molecule has 1 amide bonds. The SMILES string of the molecule is CC(C)[C@H](NC(=O)C1CCc2ccccc21)C(=O)O. The second kappa shape index (κ2) is 5.43. The standard InChI is InChI=1S/C15H19NO3/c1-9(2)13(15(18)19)16-14(17)12-8-7-10-5-3-4-6-11(10)12/h3-6,9,12-13H,7-8H2,1-2H3,(H,16,17)(H,18,19)/t12?,13-/m0/s1. The van der Waals surface area contributed by atoms with Gasteiger partial charge in [-0.15, -0.1) is 0 Å². The van der Waals surface area contributed by atoms with Crippen molar-refractivity contribution >= 4 is 11.9 Å². The third kappa shape index (κ3) is 2.78. The zero-order chi connectivity index (χ0) is 14.0. The fourth-order valence-corrected chi connectivity index (χ4v) is 2.60. The number of carboxylic acids is 1. The Morgan fingerprint density at radius 1 is 1.32 bits per heavy atom. The zero-order valence-corrected chi connectivity index (χ0v) is 11.2. The van der Waals surface area contributed by atoms with Crippen LogP contribution in [-0.2, 0) is 16.0 Å². The molecule has 0 fully saturated rings.